The Morgan fingerprint density at radius 3 is 2.75 bits per heavy atom. The summed E-state index contributed by atoms with van der Waals surface area (Å²) < 4.78 is 29.3. The average Bonchev–Trinajstić information content (AvgIpc) is 2.72. The first-order valence-electron chi connectivity index (χ1n) is 6.11. The summed E-state index contributed by atoms with van der Waals surface area (Å²) in [5.41, 5.74) is 0. The quantitative estimate of drug-likeness (QED) is 0.833. The first-order chi connectivity index (χ1) is 9.42. The molecule has 0 aromatic carbocycles. The number of hydrogen-bond acceptors (Lipinski definition) is 4. The molecule has 6 nitrogen and oxygen atoms in total. The van der Waals surface area contributed by atoms with Gasteiger partial charge in [0.05, 0.1) is 0 Å². The second-order valence-corrected chi connectivity index (χ2v) is 6.71. The molecule has 0 saturated carbocycles. The Bertz CT molecular complexity index is 712. The van der Waals surface area contributed by atoms with Crippen molar-refractivity contribution in [3.05, 3.63) is 34.8 Å². The number of rotatable bonds is 5. The van der Waals surface area contributed by atoms with Gasteiger partial charge >= 0.3 is 0 Å². The molecule has 8 heteroatoms. The lowest BCUT2D eigenvalue weighted by Gasteiger charge is -2.04. The van der Waals surface area contributed by atoms with Gasteiger partial charge in [-0.2, -0.15) is 8.42 Å². The Balaban J connectivity index is 2.28. The first-order valence-corrected chi connectivity index (χ1v) is 8.39. The second-order valence-electron chi connectivity index (χ2n) is 4.27. The Morgan fingerprint density at radius 2 is 2.10 bits per heavy atom. The molecule has 0 spiro atoms. The molecule has 108 valence electrons. The van der Waals surface area contributed by atoms with Crippen molar-refractivity contribution in [2.24, 2.45) is 0 Å². The van der Waals surface area contributed by atoms with Gasteiger partial charge in [-0.3, -0.25) is 4.72 Å². The van der Waals surface area contributed by atoms with Crippen LogP contribution < -0.4 is 4.72 Å². The Labute approximate surface area is 126 Å². The third-order valence-corrected chi connectivity index (χ3v) is 4.31. The van der Waals surface area contributed by atoms with E-state index in [0.717, 1.165) is 13.0 Å². The highest BCUT2D eigenvalue weighted by molar-refractivity contribution is 9.10. The number of sulfonamides is 1. The normalized spacial score (nSPS) is 11.6. The number of nitrogens with one attached hydrogen (secondary N) is 1. The molecule has 2 aromatic heterocycles. The van der Waals surface area contributed by atoms with E-state index in [0.29, 0.717) is 10.4 Å². The fraction of sp³-hybridized carbons (Fsp3) is 0.333. The lowest BCUT2D eigenvalue weighted by molar-refractivity contribution is 0.597. The van der Waals surface area contributed by atoms with Crippen molar-refractivity contribution in [1.29, 1.82) is 0 Å². The maximum atomic E-state index is 12.2. The molecule has 0 aliphatic heterocycles. The van der Waals surface area contributed by atoms with Crippen molar-refractivity contribution in [3.63, 3.8) is 0 Å². The fourth-order valence-electron chi connectivity index (χ4n) is 1.73. The lowest BCUT2D eigenvalue weighted by atomic mass is 10.5. The maximum Gasteiger partial charge on any atom is 0.282 e. The third-order valence-electron chi connectivity index (χ3n) is 2.65. The van der Waals surface area contributed by atoms with Crippen LogP contribution in [0.25, 0.3) is 0 Å². The molecular formula is C12H15BrN4O2S. The van der Waals surface area contributed by atoms with Crippen molar-refractivity contribution in [2.75, 3.05) is 4.72 Å². The molecular weight excluding hydrogens is 344 g/mol. The molecule has 0 radical (unpaired) electrons. The van der Waals surface area contributed by atoms with Gasteiger partial charge in [0.15, 0.2) is 5.03 Å². The second kappa shape index (κ2) is 5.92. The van der Waals surface area contributed by atoms with Gasteiger partial charge in [0, 0.05) is 12.7 Å². The van der Waals surface area contributed by atoms with E-state index in [9.17, 15) is 8.42 Å². The van der Waals surface area contributed by atoms with Gasteiger partial charge in [-0.1, -0.05) is 13.0 Å². The summed E-state index contributed by atoms with van der Waals surface area (Å²) in [6.07, 6.45) is 2.45. The van der Waals surface area contributed by atoms with Gasteiger partial charge in [0.2, 0.25) is 0 Å². The molecule has 0 amide bonds. The minimum Gasteiger partial charge on any atom is -0.334 e. The number of aryl methyl sites for hydroxylation is 2. The van der Waals surface area contributed by atoms with Crippen molar-refractivity contribution in [2.45, 2.75) is 31.8 Å². The first kappa shape index (κ1) is 15.0. The SMILES string of the molecule is CCCn1cc(S(=O)(=O)Nc2cccc(Br)n2)nc1C. The fourth-order valence-corrected chi connectivity index (χ4v) is 3.09. The smallest absolute Gasteiger partial charge is 0.282 e. The predicted octanol–water partition coefficient (Wildman–Crippen LogP) is 2.56. The van der Waals surface area contributed by atoms with Crippen molar-refractivity contribution < 1.29 is 8.42 Å². The standard InChI is InChI=1S/C12H15BrN4O2S/c1-3-7-17-8-12(14-9(17)2)20(18,19)16-11-6-4-5-10(13)15-11/h4-6,8H,3,7H2,1-2H3,(H,15,16). The molecule has 0 saturated heterocycles. The number of imidazole rings is 1. The summed E-state index contributed by atoms with van der Waals surface area (Å²) >= 11 is 3.20. The lowest BCUT2D eigenvalue weighted by Crippen LogP contribution is -2.14. The van der Waals surface area contributed by atoms with Crippen LogP contribution in [0.3, 0.4) is 0 Å². The van der Waals surface area contributed by atoms with Gasteiger partial charge in [-0.05, 0) is 41.4 Å². The van der Waals surface area contributed by atoms with E-state index in [1.165, 1.54) is 0 Å². The number of hydrogen-bond donors (Lipinski definition) is 1. The largest absolute Gasteiger partial charge is 0.334 e. The van der Waals surface area contributed by atoms with Gasteiger partial charge in [0.1, 0.15) is 16.2 Å². The number of pyridine rings is 1. The van der Waals surface area contributed by atoms with E-state index in [1.54, 1.807) is 31.3 Å². The van der Waals surface area contributed by atoms with Crippen LogP contribution in [-0.2, 0) is 16.6 Å². The molecule has 0 fully saturated rings. The molecule has 1 N–H and O–H groups in total. The zero-order chi connectivity index (χ0) is 14.8. The molecule has 20 heavy (non-hydrogen) atoms. The number of anilines is 1. The minimum atomic E-state index is -3.72. The topological polar surface area (TPSA) is 76.9 Å². The Kier molecular flexibility index (Phi) is 4.44. The zero-order valence-electron chi connectivity index (χ0n) is 11.2. The summed E-state index contributed by atoms with van der Waals surface area (Å²) in [5, 5.41) is 0.00484. The molecule has 0 bridgehead atoms. The molecule has 0 unspecified atom stereocenters. The molecule has 2 heterocycles. The average molecular weight is 359 g/mol. The zero-order valence-corrected chi connectivity index (χ0v) is 13.6. The summed E-state index contributed by atoms with van der Waals surface area (Å²) in [6.45, 7) is 4.55. The minimum absolute atomic E-state index is 0.00484. The van der Waals surface area contributed by atoms with Crippen LogP contribution in [0.5, 0.6) is 0 Å². The third kappa shape index (κ3) is 3.37. The molecule has 0 aliphatic carbocycles. The van der Waals surface area contributed by atoms with Crippen molar-refractivity contribution >= 4 is 31.8 Å². The highest BCUT2D eigenvalue weighted by atomic mass is 79.9. The number of aromatic nitrogens is 3. The van der Waals surface area contributed by atoms with E-state index in [-0.39, 0.29) is 10.8 Å². The van der Waals surface area contributed by atoms with E-state index in [4.69, 9.17) is 0 Å². The molecule has 0 atom stereocenters. The monoisotopic (exact) mass is 358 g/mol. The summed E-state index contributed by atoms with van der Waals surface area (Å²) in [5.74, 6) is 0.927. The van der Waals surface area contributed by atoms with Crippen molar-refractivity contribution in [1.82, 2.24) is 14.5 Å². The van der Waals surface area contributed by atoms with Gasteiger partial charge < -0.3 is 4.57 Å². The van der Waals surface area contributed by atoms with Crippen LogP contribution >= 0.6 is 15.9 Å². The van der Waals surface area contributed by atoms with Crippen LogP contribution in [0, 0.1) is 6.92 Å². The predicted molar refractivity (Wildman–Crippen MR) is 80.0 cm³/mol. The number of halogens is 1. The molecule has 2 rings (SSSR count). The van der Waals surface area contributed by atoms with E-state index in [2.05, 4.69) is 30.6 Å². The molecule has 2 aromatic rings. The highest BCUT2D eigenvalue weighted by Gasteiger charge is 2.19. The highest BCUT2D eigenvalue weighted by Crippen LogP contribution is 2.16. The van der Waals surface area contributed by atoms with Gasteiger partial charge in [0.25, 0.3) is 10.0 Å². The van der Waals surface area contributed by atoms with Crippen LogP contribution in [-0.4, -0.2) is 23.0 Å². The van der Waals surface area contributed by atoms with E-state index in [1.807, 2.05) is 11.5 Å². The van der Waals surface area contributed by atoms with E-state index >= 15 is 0 Å². The van der Waals surface area contributed by atoms with Crippen molar-refractivity contribution in [3.8, 4) is 0 Å². The van der Waals surface area contributed by atoms with Gasteiger partial charge in [-0.25, -0.2) is 9.97 Å². The van der Waals surface area contributed by atoms with E-state index < -0.39 is 10.0 Å². The Morgan fingerprint density at radius 1 is 1.35 bits per heavy atom. The summed E-state index contributed by atoms with van der Waals surface area (Å²) in [7, 11) is -3.72. The number of nitrogens with zero attached hydrogens (tertiary/aromatic N) is 3. The summed E-state index contributed by atoms with van der Waals surface area (Å²) in [6, 6.07) is 5.01. The van der Waals surface area contributed by atoms with Gasteiger partial charge in [-0.15, -0.1) is 0 Å². The van der Waals surface area contributed by atoms with Crippen LogP contribution in [0.4, 0.5) is 5.82 Å². The van der Waals surface area contributed by atoms with Crippen LogP contribution in [0.15, 0.2) is 34.0 Å². The Hall–Kier alpha value is -1.41. The summed E-state index contributed by atoms with van der Waals surface area (Å²) in [4.78, 5) is 8.13. The van der Waals surface area contributed by atoms with Crippen LogP contribution in [0.2, 0.25) is 0 Å². The maximum absolute atomic E-state index is 12.2. The molecule has 0 aliphatic rings. The van der Waals surface area contributed by atoms with Crippen LogP contribution in [0.1, 0.15) is 19.2 Å².